The van der Waals surface area contributed by atoms with Gasteiger partial charge in [0.15, 0.2) is 0 Å². The first-order chi connectivity index (χ1) is 9.76. The third-order valence-electron chi connectivity index (χ3n) is 4.15. The van der Waals surface area contributed by atoms with E-state index in [0.29, 0.717) is 5.92 Å². The minimum absolute atomic E-state index is 0.159. The van der Waals surface area contributed by atoms with Crippen LogP contribution in [0.1, 0.15) is 49.1 Å². The van der Waals surface area contributed by atoms with E-state index in [1.54, 1.807) is 0 Å². The van der Waals surface area contributed by atoms with Crippen molar-refractivity contribution in [2.24, 2.45) is 5.92 Å². The van der Waals surface area contributed by atoms with Gasteiger partial charge in [0, 0.05) is 25.6 Å². The number of aromatic amines is 1. The number of rotatable bonds is 6. The van der Waals surface area contributed by atoms with Crippen LogP contribution in [0.4, 0.5) is 0 Å². The molecule has 1 saturated carbocycles. The molecular weight excluding hydrogens is 254 g/mol. The summed E-state index contributed by atoms with van der Waals surface area (Å²) < 4.78 is 0. The Morgan fingerprint density at radius 2 is 2.30 bits per heavy atom. The number of aromatic nitrogens is 3. The van der Waals surface area contributed by atoms with Crippen molar-refractivity contribution in [2.75, 3.05) is 19.6 Å². The highest BCUT2D eigenvalue weighted by Crippen LogP contribution is 2.31. The lowest BCUT2D eigenvalue weighted by Crippen LogP contribution is -2.32. The minimum Gasteiger partial charge on any atom is -0.349 e. The molecule has 2 aliphatic rings. The third kappa shape index (κ3) is 3.17. The molecule has 1 aromatic rings. The Bertz CT molecular complexity index is 468. The number of aryl methyl sites for hydroxylation is 1. The zero-order chi connectivity index (χ0) is 13.9. The number of carbonyl (C=O) groups is 1. The predicted molar refractivity (Wildman–Crippen MR) is 75.4 cm³/mol. The Balaban J connectivity index is 1.44. The lowest BCUT2D eigenvalue weighted by Gasteiger charge is -2.14. The van der Waals surface area contributed by atoms with Crippen LogP contribution in [0.15, 0.2) is 0 Å². The average Bonchev–Trinajstić information content (AvgIpc) is 3.01. The molecule has 20 heavy (non-hydrogen) atoms. The van der Waals surface area contributed by atoms with Crippen molar-refractivity contribution >= 4 is 5.91 Å². The number of carbonyl (C=O) groups excluding carboxylic acids is 1. The fourth-order valence-electron chi connectivity index (χ4n) is 2.86. The number of nitrogens with one attached hydrogen (secondary N) is 2. The second-order valence-corrected chi connectivity index (χ2v) is 5.95. The summed E-state index contributed by atoms with van der Waals surface area (Å²) in [6, 6.07) is 0.834. The standard InChI is InChI=1S/C14H23N5O/c1-2-3-12-16-13(18-17-12)14(20)15-8-10-6-7-19(9-10)11-4-5-11/h10-11H,2-9H2,1H3,(H,15,20)(H,16,17,18). The van der Waals surface area contributed by atoms with Crippen LogP contribution in [0.5, 0.6) is 0 Å². The molecule has 1 saturated heterocycles. The van der Waals surface area contributed by atoms with Gasteiger partial charge in [-0.1, -0.05) is 6.92 Å². The summed E-state index contributed by atoms with van der Waals surface area (Å²) in [6.45, 7) is 5.13. The van der Waals surface area contributed by atoms with Crippen molar-refractivity contribution in [2.45, 2.75) is 45.1 Å². The number of hydrogen-bond donors (Lipinski definition) is 2. The summed E-state index contributed by atoms with van der Waals surface area (Å²) >= 11 is 0. The minimum atomic E-state index is -0.159. The molecule has 1 atom stereocenters. The molecule has 0 radical (unpaired) electrons. The summed E-state index contributed by atoms with van der Waals surface area (Å²) in [5.74, 6) is 1.48. The fourth-order valence-corrected chi connectivity index (χ4v) is 2.86. The first kappa shape index (κ1) is 13.5. The molecule has 110 valence electrons. The van der Waals surface area contributed by atoms with Crippen molar-refractivity contribution < 1.29 is 4.79 Å². The van der Waals surface area contributed by atoms with Crippen LogP contribution < -0.4 is 5.32 Å². The monoisotopic (exact) mass is 277 g/mol. The van der Waals surface area contributed by atoms with Gasteiger partial charge >= 0.3 is 0 Å². The molecule has 1 amide bonds. The highest BCUT2D eigenvalue weighted by atomic mass is 16.2. The van der Waals surface area contributed by atoms with Crippen molar-refractivity contribution in [1.29, 1.82) is 0 Å². The predicted octanol–water partition coefficient (Wildman–Crippen LogP) is 0.971. The number of nitrogens with zero attached hydrogens (tertiary/aromatic N) is 3. The van der Waals surface area contributed by atoms with Gasteiger partial charge in [-0.15, -0.1) is 5.10 Å². The molecule has 1 aliphatic heterocycles. The number of hydrogen-bond acceptors (Lipinski definition) is 4. The van der Waals surface area contributed by atoms with E-state index in [1.165, 1.54) is 25.8 Å². The molecule has 1 aromatic heterocycles. The molecule has 2 fully saturated rings. The van der Waals surface area contributed by atoms with E-state index >= 15 is 0 Å². The molecule has 6 heteroatoms. The first-order valence-electron chi connectivity index (χ1n) is 7.69. The maximum atomic E-state index is 12.0. The Hall–Kier alpha value is -1.43. The molecule has 0 bridgehead atoms. The Morgan fingerprint density at radius 3 is 3.05 bits per heavy atom. The van der Waals surface area contributed by atoms with E-state index < -0.39 is 0 Å². The quantitative estimate of drug-likeness (QED) is 0.812. The molecule has 1 aliphatic carbocycles. The van der Waals surface area contributed by atoms with Gasteiger partial charge in [-0.25, -0.2) is 4.98 Å². The second-order valence-electron chi connectivity index (χ2n) is 5.95. The van der Waals surface area contributed by atoms with Crippen molar-refractivity contribution in [3.05, 3.63) is 11.6 Å². The normalized spacial score (nSPS) is 23.1. The Labute approximate surface area is 119 Å². The van der Waals surface area contributed by atoms with Gasteiger partial charge in [-0.05, 0) is 38.1 Å². The smallest absolute Gasteiger partial charge is 0.290 e. The summed E-state index contributed by atoms with van der Waals surface area (Å²) in [6.07, 6.45) is 5.73. The summed E-state index contributed by atoms with van der Waals surface area (Å²) in [4.78, 5) is 18.7. The molecule has 2 N–H and O–H groups in total. The zero-order valence-corrected chi connectivity index (χ0v) is 12.1. The Kier molecular flexibility index (Phi) is 4.00. The van der Waals surface area contributed by atoms with E-state index in [-0.39, 0.29) is 11.7 Å². The van der Waals surface area contributed by atoms with Crippen LogP contribution in [-0.2, 0) is 6.42 Å². The van der Waals surface area contributed by atoms with Gasteiger partial charge in [0.1, 0.15) is 5.82 Å². The van der Waals surface area contributed by atoms with E-state index in [0.717, 1.165) is 37.8 Å². The molecule has 2 heterocycles. The number of amides is 1. The van der Waals surface area contributed by atoms with Gasteiger partial charge in [0.25, 0.3) is 5.91 Å². The number of H-pyrrole nitrogens is 1. The van der Waals surface area contributed by atoms with Crippen LogP contribution in [0.3, 0.4) is 0 Å². The second kappa shape index (κ2) is 5.91. The first-order valence-corrected chi connectivity index (χ1v) is 7.69. The van der Waals surface area contributed by atoms with Crippen molar-refractivity contribution in [3.63, 3.8) is 0 Å². The highest BCUT2D eigenvalue weighted by molar-refractivity contribution is 5.90. The van der Waals surface area contributed by atoms with E-state index in [4.69, 9.17) is 0 Å². The van der Waals surface area contributed by atoms with Gasteiger partial charge in [-0.3, -0.25) is 9.89 Å². The maximum absolute atomic E-state index is 12.0. The van der Waals surface area contributed by atoms with Crippen LogP contribution in [0.2, 0.25) is 0 Å². The van der Waals surface area contributed by atoms with E-state index in [2.05, 4.69) is 32.3 Å². The van der Waals surface area contributed by atoms with E-state index in [9.17, 15) is 4.79 Å². The maximum Gasteiger partial charge on any atom is 0.290 e. The molecule has 0 aromatic carbocycles. The average molecular weight is 277 g/mol. The van der Waals surface area contributed by atoms with Gasteiger partial charge in [-0.2, -0.15) is 0 Å². The summed E-state index contributed by atoms with van der Waals surface area (Å²) in [5.41, 5.74) is 0. The van der Waals surface area contributed by atoms with E-state index in [1.807, 2.05) is 0 Å². The topological polar surface area (TPSA) is 73.9 Å². The van der Waals surface area contributed by atoms with Crippen molar-refractivity contribution in [3.8, 4) is 0 Å². The Morgan fingerprint density at radius 1 is 1.45 bits per heavy atom. The van der Waals surface area contributed by atoms with Gasteiger partial charge in [0.2, 0.25) is 5.82 Å². The lowest BCUT2D eigenvalue weighted by molar-refractivity contribution is 0.0937. The van der Waals surface area contributed by atoms with Crippen LogP contribution in [-0.4, -0.2) is 51.7 Å². The third-order valence-corrected chi connectivity index (χ3v) is 4.15. The molecule has 0 spiro atoms. The highest BCUT2D eigenvalue weighted by Gasteiger charge is 2.34. The molecule has 3 rings (SSSR count). The molecule has 6 nitrogen and oxygen atoms in total. The summed E-state index contributed by atoms with van der Waals surface area (Å²) in [5, 5.41) is 9.76. The number of likely N-dealkylation sites (tertiary alicyclic amines) is 1. The SMILES string of the molecule is CCCc1nc(C(=O)NCC2CCN(C3CC3)C2)n[nH]1. The fraction of sp³-hybridized carbons (Fsp3) is 0.786. The van der Waals surface area contributed by atoms with Crippen molar-refractivity contribution in [1.82, 2.24) is 25.4 Å². The lowest BCUT2D eigenvalue weighted by atomic mass is 10.1. The molecule has 1 unspecified atom stereocenters. The largest absolute Gasteiger partial charge is 0.349 e. The van der Waals surface area contributed by atoms with Crippen LogP contribution in [0, 0.1) is 5.92 Å². The van der Waals surface area contributed by atoms with Crippen LogP contribution >= 0.6 is 0 Å². The summed E-state index contributed by atoms with van der Waals surface area (Å²) in [7, 11) is 0. The zero-order valence-electron chi connectivity index (χ0n) is 12.1. The van der Waals surface area contributed by atoms with Gasteiger partial charge < -0.3 is 10.2 Å². The van der Waals surface area contributed by atoms with Gasteiger partial charge in [0.05, 0.1) is 0 Å². The van der Waals surface area contributed by atoms with Crippen LogP contribution in [0.25, 0.3) is 0 Å². The molecular formula is C14H23N5O.